The predicted molar refractivity (Wildman–Crippen MR) is 124 cm³/mol. The second-order valence-electron chi connectivity index (χ2n) is 9.63. The molecule has 3 amide bonds. The fourth-order valence-corrected chi connectivity index (χ4v) is 4.69. The van der Waals surface area contributed by atoms with Crippen LogP contribution >= 0.6 is 0 Å². The number of fused-ring (bicyclic) bond motifs is 1. The van der Waals surface area contributed by atoms with E-state index in [0.29, 0.717) is 54.6 Å². The van der Waals surface area contributed by atoms with Crippen LogP contribution in [-0.4, -0.2) is 38.5 Å². The van der Waals surface area contributed by atoms with Crippen molar-refractivity contribution in [3.05, 3.63) is 46.3 Å². The molecule has 182 valence electrons. The average Bonchev–Trinajstić information content (AvgIpc) is 3.07. The lowest BCUT2D eigenvalue weighted by molar-refractivity contribution is -0.129. The van der Waals surface area contributed by atoms with Crippen molar-refractivity contribution in [2.24, 2.45) is 16.9 Å². The summed E-state index contributed by atoms with van der Waals surface area (Å²) >= 11 is 0. The number of hydrogen-bond acceptors (Lipinski definition) is 6. The zero-order valence-corrected chi connectivity index (χ0v) is 19.7. The minimum Gasteiger partial charge on any atom is -0.369 e. The van der Waals surface area contributed by atoms with Gasteiger partial charge in [0.2, 0.25) is 17.7 Å². The standard InChI is InChI=1S/C24H31N5O5/c1-13-21-18(11-24(2,3)12-19(21)30)29(27-13)14-8-9-16(23(26)33)17(10-14)15(22(25)32)6-4-5-7-20(31)28-34/h8-10,15,34H,4-7,11-12H2,1-3H3,(H2,25,32)(H2,26,33)(H,28,31). The Morgan fingerprint density at radius 2 is 1.91 bits per heavy atom. The Kier molecular flexibility index (Phi) is 7.21. The van der Waals surface area contributed by atoms with Crippen LogP contribution in [0.4, 0.5) is 0 Å². The van der Waals surface area contributed by atoms with Gasteiger partial charge in [-0.1, -0.05) is 20.3 Å². The molecule has 6 N–H and O–H groups in total. The zero-order valence-electron chi connectivity index (χ0n) is 19.7. The second kappa shape index (κ2) is 9.76. The molecule has 1 aromatic carbocycles. The summed E-state index contributed by atoms with van der Waals surface area (Å²) in [6, 6.07) is 4.90. The number of benzene rings is 1. The van der Waals surface area contributed by atoms with Crippen molar-refractivity contribution in [3.63, 3.8) is 0 Å². The van der Waals surface area contributed by atoms with Gasteiger partial charge in [0.05, 0.1) is 28.6 Å². The Morgan fingerprint density at radius 1 is 1.21 bits per heavy atom. The molecule has 0 aliphatic heterocycles. The number of ketones is 1. The molecule has 34 heavy (non-hydrogen) atoms. The van der Waals surface area contributed by atoms with Crippen LogP contribution in [0.15, 0.2) is 18.2 Å². The SMILES string of the molecule is Cc1nn(-c2ccc(C(N)=O)c(C(CCCCC(=O)NO)C(N)=O)c2)c2c1C(=O)CC(C)(C)C2. The topological polar surface area (TPSA) is 170 Å². The van der Waals surface area contributed by atoms with Gasteiger partial charge in [0.1, 0.15) is 0 Å². The lowest BCUT2D eigenvalue weighted by Gasteiger charge is -2.29. The maximum Gasteiger partial charge on any atom is 0.249 e. The number of unbranched alkanes of at least 4 members (excludes halogenated alkanes) is 1. The first-order chi connectivity index (χ1) is 15.9. The molecule has 10 nitrogen and oxygen atoms in total. The second-order valence-corrected chi connectivity index (χ2v) is 9.63. The van der Waals surface area contributed by atoms with E-state index in [4.69, 9.17) is 16.7 Å². The highest BCUT2D eigenvalue weighted by molar-refractivity contribution is 6.00. The summed E-state index contributed by atoms with van der Waals surface area (Å²) in [6.45, 7) is 5.85. The third kappa shape index (κ3) is 5.17. The molecule has 1 heterocycles. The first-order valence-corrected chi connectivity index (χ1v) is 11.2. The third-order valence-corrected chi connectivity index (χ3v) is 6.26. The van der Waals surface area contributed by atoms with Crippen molar-refractivity contribution in [2.75, 3.05) is 0 Å². The molecule has 0 saturated heterocycles. The fourth-order valence-electron chi connectivity index (χ4n) is 4.69. The van der Waals surface area contributed by atoms with Gasteiger partial charge in [-0.3, -0.25) is 24.4 Å². The molecule has 1 aromatic heterocycles. The first kappa shape index (κ1) is 25.1. The van der Waals surface area contributed by atoms with Crippen molar-refractivity contribution in [1.29, 1.82) is 0 Å². The van der Waals surface area contributed by atoms with Crippen molar-refractivity contribution < 1.29 is 24.4 Å². The third-order valence-electron chi connectivity index (χ3n) is 6.26. The Morgan fingerprint density at radius 3 is 2.53 bits per heavy atom. The predicted octanol–water partition coefficient (Wildman–Crippen LogP) is 2.07. The number of Topliss-reactive ketones (excluding diaryl/α,β-unsaturated/α-hetero) is 1. The monoisotopic (exact) mass is 469 g/mol. The number of hydroxylamine groups is 1. The van der Waals surface area contributed by atoms with E-state index in [1.54, 1.807) is 35.3 Å². The van der Waals surface area contributed by atoms with Gasteiger partial charge in [0.15, 0.2) is 5.78 Å². The quantitative estimate of drug-likeness (QED) is 0.249. The van der Waals surface area contributed by atoms with E-state index < -0.39 is 23.6 Å². The van der Waals surface area contributed by atoms with Crippen LogP contribution in [0.25, 0.3) is 5.69 Å². The normalized spacial score (nSPS) is 15.5. The molecule has 0 fully saturated rings. The lowest BCUT2D eigenvalue weighted by atomic mass is 9.75. The van der Waals surface area contributed by atoms with Gasteiger partial charge in [-0.05, 0) is 55.4 Å². The van der Waals surface area contributed by atoms with Crippen LogP contribution in [0.5, 0.6) is 0 Å². The van der Waals surface area contributed by atoms with E-state index >= 15 is 0 Å². The lowest BCUT2D eigenvalue weighted by Crippen LogP contribution is -2.28. The van der Waals surface area contributed by atoms with Crippen molar-refractivity contribution in [2.45, 2.75) is 65.2 Å². The first-order valence-electron chi connectivity index (χ1n) is 11.2. The Labute approximate surface area is 197 Å². The van der Waals surface area contributed by atoms with Gasteiger partial charge in [-0.25, -0.2) is 10.2 Å². The maximum atomic E-state index is 12.8. The molecule has 0 bridgehead atoms. The number of nitrogens with two attached hydrogens (primary N) is 2. The molecule has 1 aliphatic rings. The number of primary amides is 2. The summed E-state index contributed by atoms with van der Waals surface area (Å²) in [4.78, 5) is 48.5. The molecule has 1 unspecified atom stereocenters. The molecule has 0 saturated carbocycles. The van der Waals surface area contributed by atoms with E-state index in [2.05, 4.69) is 5.10 Å². The van der Waals surface area contributed by atoms with Crippen molar-refractivity contribution in [1.82, 2.24) is 15.3 Å². The van der Waals surface area contributed by atoms with Crippen LogP contribution in [0, 0.1) is 12.3 Å². The number of hydrogen-bond donors (Lipinski definition) is 4. The number of amides is 3. The summed E-state index contributed by atoms with van der Waals surface area (Å²) in [6.07, 6.45) is 2.35. The Hall–Kier alpha value is -3.53. The summed E-state index contributed by atoms with van der Waals surface area (Å²) in [5, 5.41) is 13.2. The maximum absolute atomic E-state index is 12.8. The number of nitrogens with zero attached hydrogens (tertiary/aromatic N) is 2. The number of aromatic nitrogens is 2. The number of aryl methyl sites for hydroxylation is 1. The molecule has 10 heteroatoms. The average molecular weight is 470 g/mol. The number of carbonyl (C=O) groups excluding carboxylic acids is 4. The minimum atomic E-state index is -0.815. The highest BCUT2D eigenvalue weighted by Crippen LogP contribution is 2.37. The van der Waals surface area contributed by atoms with Crippen LogP contribution in [0.1, 0.15) is 89.5 Å². The highest BCUT2D eigenvalue weighted by Gasteiger charge is 2.36. The van der Waals surface area contributed by atoms with E-state index in [-0.39, 0.29) is 23.2 Å². The zero-order chi connectivity index (χ0) is 25.2. The van der Waals surface area contributed by atoms with E-state index in [0.717, 1.165) is 5.69 Å². The molecule has 3 rings (SSSR count). The molecular weight excluding hydrogens is 438 g/mol. The summed E-state index contributed by atoms with van der Waals surface area (Å²) in [5.74, 6) is -2.61. The molecular formula is C24H31N5O5. The van der Waals surface area contributed by atoms with Crippen molar-refractivity contribution in [3.8, 4) is 5.69 Å². The van der Waals surface area contributed by atoms with Gasteiger partial charge in [-0.2, -0.15) is 5.10 Å². The van der Waals surface area contributed by atoms with E-state index in [1.165, 1.54) is 0 Å². The Balaban J connectivity index is 2.02. The number of nitrogens with one attached hydrogen (secondary N) is 1. The largest absolute Gasteiger partial charge is 0.369 e. The molecule has 0 spiro atoms. The van der Waals surface area contributed by atoms with Gasteiger partial charge in [0.25, 0.3) is 0 Å². The van der Waals surface area contributed by atoms with Crippen LogP contribution in [0.3, 0.4) is 0 Å². The van der Waals surface area contributed by atoms with Gasteiger partial charge < -0.3 is 11.5 Å². The van der Waals surface area contributed by atoms with Crippen LogP contribution < -0.4 is 16.9 Å². The van der Waals surface area contributed by atoms with E-state index in [9.17, 15) is 19.2 Å². The fraction of sp³-hybridized carbons (Fsp3) is 0.458. The van der Waals surface area contributed by atoms with E-state index in [1.807, 2.05) is 13.8 Å². The van der Waals surface area contributed by atoms with Crippen molar-refractivity contribution >= 4 is 23.5 Å². The summed E-state index contributed by atoms with van der Waals surface area (Å²) in [7, 11) is 0. The summed E-state index contributed by atoms with van der Waals surface area (Å²) in [5.41, 5.74) is 15.8. The summed E-state index contributed by atoms with van der Waals surface area (Å²) < 4.78 is 1.70. The minimum absolute atomic E-state index is 0.0471. The van der Waals surface area contributed by atoms with Gasteiger partial charge >= 0.3 is 0 Å². The number of carbonyl (C=O) groups is 4. The molecule has 1 atom stereocenters. The smallest absolute Gasteiger partial charge is 0.249 e. The highest BCUT2D eigenvalue weighted by atomic mass is 16.5. The number of rotatable bonds is 9. The van der Waals surface area contributed by atoms with Gasteiger partial charge in [0, 0.05) is 18.4 Å². The van der Waals surface area contributed by atoms with Gasteiger partial charge in [-0.15, -0.1) is 0 Å². The molecule has 2 aromatic rings. The van der Waals surface area contributed by atoms with Crippen LogP contribution in [0.2, 0.25) is 0 Å². The van der Waals surface area contributed by atoms with Crippen LogP contribution in [-0.2, 0) is 16.0 Å². The molecule has 0 radical (unpaired) electrons. The molecule has 1 aliphatic carbocycles. The Bertz CT molecular complexity index is 1150.